The van der Waals surface area contributed by atoms with Gasteiger partial charge in [-0.2, -0.15) is 0 Å². The van der Waals surface area contributed by atoms with Crippen LogP contribution in [0.1, 0.15) is 0 Å². The molecule has 5 heteroatoms. The number of methoxy groups -OCH3 is 1. The van der Waals surface area contributed by atoms with E-state index in [1.807, 2.05) is 0 Å². The normalized spacial score (nSPS) is 10.3. The Kier molecular flexibility index (Phi) is 2.97. The molecule has 0 amide bonds. The van der Waals surface area contributed by atoms with Crippen LogP contribution in [0.3, 0.4) is 0 Å². The highest BCUT2D eigenvalue weighted by Crippen LogP contribution is 2.32. The number of aromatic hydroxyl groups is 1. The number of aryl methyl sites for hydroxylation is 1. The molecule has 1 aromatic carbocycles. The van der Waals surface area contributed by atoms with Crippen LogP contribution in [0.2, 0.25) is 0 Å². The maximum absolute atomic E-state index is 11.9. The lowest BCUT2D eigenvalue weighted by molar-refractivity contribution is 0.368. The molecule has 2 N–H and O–H groups in total. The highest BCUT2D eigenvalue weighted by Gasteiger charge is 2.15. The molecular formula is C13H14N2O3. The molecule has 0 saturated heterocycles. The van der Waals surface area contributed by atoms with Crippen LogP contribution in [-0.4, -0.2) is 16.8 Å². The van der Waals surface area contributed by atoms with Gasteiger partial charge in [-0.05, 0) is 24.4 Å². The van der Waals surface area contributed by atoms with Crippen molar-refractivity contribution in [2.75, 3.05) is 12.4 Å². The summed E-state index contributed by atoms with van der Waals surface area (Å²) in [7, 11) is 2.99. The maximum atomic E-state index is 11.9. The first-order chi connectivity index (χ1) is 8.60. The van der Waals surface area contributed by atoms with Gasteiger partial charge in [-0.25, -0.2) is 0 Å². The molecule has 0 atom stereocenters. The largest absolute Gasteiger partial charge is 0.504 e. The molecule has 0 radical (unpaired) electrons. The lowest BCUT2D eigenvalue weighted by Gasteiger charge is -2.12. The lowest BCUT2D eigenvalue weighted by Crippen LogP contribution is -2.18. The van der Waals surface area contributed by atoms with Crippen molar-refractivity contribution in [3.63, 3.8) is 0 Å². The molecule has 1 heterocycles. The van der Waals surface area contributed by atoms with Gasteiger partial charge in [0.25, 0.3) is 5.56 Å². The van der Waals surface area contributed by atoms with Crippen molar-refractivity contribution in [3.05, 3.63) is 41.3 Å². The summed E-state index contributed by atoms with van der Waals surface area (Å²) in [5.41, 5.74) is 1.03. The zero-order valence-corrected chi connectivity index (χ0v) is 10.2. The second-order valence-corrected chi connectivity index (χ2v) is 3.83. The summed E-state index contributed by atoms with van der Waals surface area (Å²) in [4.78, 5) is 11.9. The summed E-state index contributed by atoms with van der Waals surface area (Å²) in [5, 5.41) is 13.5. The van der Waals surface area contributed by atoms with Gasteiger partial charge in [-0.3, -0.25) is 4.79 Å². The summed E-state index contributed by atoms with van der Waals surface area (Å²) in [5.74, 6) is -0.185. The molecule has 0 unspecified atom stereocenters. The number of aromatic nitrogens is 1. The molecule has 18 heavy (non-hydrogen) atoms. The lowest BCUT2D eigenvalue weighted by atomic mass is 10.1. The molecule has 2 aromatic rings. The number of anilines is 1. The summed E-state index contributed by atoms with van der Waals surface area (Å²) in [6.45, 7) is 3.57. The van der Waals surface area contributed by atoms with Crippen LogP contribution >= 0.6 is 0 Å². The van der Waals surface area contributed by atoms with Gasteiger partial charge in [0.2, 0.25) is 5.75 Å². The zero-order chi connectivity index (χ0) is 13.3. The van der Waals surface area contributed by atoms with E-state index in [0.717, 1.165) is 5.69 Å². The minimum absolute atomic E-state index is 0.0468. The topological polar surface area (TPSA) is 63.5 Å². The van der Waals surface area contributed by atoms with Crippen LogP contribution in [0, 0.1) is 0 Å². The molecule has 0 saturated carbocycles. The van der Waals surface area contributed by atoms with Gasteiger partial charge in [0, 0.05) is 18.1 Å². The number of rotatable bonds is 3. The molecule has 0 aliphatic carbocycles. The third-order valence-corrected chi connectivity index (χ3v) is 2.80. The fourth-order valence-electron chi connectivity index (χ4n) is 1.89. The van der Waals surface area contributed by atoms with Crippen molar-refractivity contribution < 1.29 is 9.84 Å². The molecule has 2 rings (SSSR count). The van der Waals surface area contributed by atoms with Crippen molar-refractivity contribution in [3.8, 4) is 11.5 Å². The average Bonchev–Trinajstić information content (AvgIpc) is 2.37. The summed E-state index contributed by atoms with van der Waals surface area (Å²) in [6, 6.07) is 5.27. The number of nitrogens with zero attached hydrogens (tertiary/aromatic N) is 1. The van der Waals surface area contributed by atoms with Crippen LogP contribution < -0.4 is 15.6 Å². The number of ether oxygens (including phenoxy) is 1. The first-order valence-electron chi connectivity index (χ1n) is 5.37. The first kappa shape index (κ1) is 12.0. The van der Waals surface area contributed by atoms with E-state index in [-0.39, 0.29) is 17.1 Å². The molecule has 0 fully saturated rings. The SMILES string of the molecule is C=CNc1ccc2c(O)c(OC)c(=O)n(C)c2c1. The van der Waals surface area contributed by atoms with E-state index in [1.54, 1.807) is 31.4 Å². The number of hydrogen-bond acceptors (Lipinski definition) is 4. The van der Waals surface area contributed by atoms with Crippen LogP contribution in [0.4, 0.5) is 5.69 Å². The van der Waals surface area contributed by atoms with Crippen LogP contribution in [0.5, 0.6) is 11.5 Å². The first-order valence-corrected chi connectivity index (χ1v) is 5.37. The number of pyridine rings is 1. The van der Waals surface area contributed by atoms with Gasteiger partial charge < -0.3 is 19.7 Å². The highest BCUT2D eigenvalue weighted by atomic mass is 16.5. The molecule has 0 spiro atoms. The minimum Gasteiger partial charge on any atom is -0.504 e. The number of nitrogens with one attached hydrogen (secondary N) is 1. The Morgan fingerprint density at radius 3 is 2.83 bits per heavy atom. The van der Waals surface area contributed by atoms with E-state index < -0.39 is 0 Å². The van der Waals surface area contributed by atoms with Gasteiger partial charge in [0.1, 0.15) is 0 Å². The number of hydrogen-bond donors (Lipinski definition) is 2. The van der Waals surface area contributed by atoms with Crippen molar-refractivity contribution in [2.45, 2.75) is 0 Å². The number of fused-ring (bicyclic) bond motifs is 1. The second-order valence-electron chi connectivity index (χ2n) is 3.83. The Morgan fingerprint density at radius 2 is 2.22 bits per heavy atom. The average molecular weight is 246 g/mol. The molecule has 94 valence electrons. The van der Waals surface area contributed by atoms with Crippen LogP contribution in [0.15, 0.2) is 35.8 Å². The van der Waals surface area contributed by atoms with E-state index >= 15 is 0 Å². The predicted octanol–water partition coefficient (Wildman–Crippen LogP) is 1.81. The van der Waals surface area contributed by atoms with Crippen molar-refractivity contribution in [1.82, 2.24) is 4.57 Å². The fraction of sp³-hybridized carbons (Fsp3) is 0.154. The van der Waals surface area contributed by atoms with Crippen molar-refractivity contribution in [1.29, 1.82) is 0 Å². The molecule has 0 aliphatic rings. The molecule has 0 bridgehead atoms. The minimum atomic E-state index is -0.377. The summed E-state index contributed by atoms with van der Waals surface area (Å²) >= 11 is 0. The number of benzene rings is 1. The van der Waals surface area contributed by atoms with E-state index in [1.165, 1.54) is 11.7 Å². The zero-order valence-electron chi connectivity index (χ0n) is 10.2. The van der Waals surface area contributed by atoms with Crippen LogP contribution in [0.25, 0.3) is 10.9 Å². The monoisotopic (exact) mass is 246 g/mol. The summed E-state index contributed by atoms with van der Waals surface area (Å²) in [6.07, 6.45) is 1.54. The Morgan fingerprint density at radius 1 is 1.50 bits per heavy atom. The van der Waals surface area contributed by atoms with Gasteiger partial charge in [0.15, 0.2) is 5.75 Å². The molecule has 1 aromatic heterocycles. The summed E-state index contributed by atoms with van der Waals surface area (Å²) < 4.78 is 6.36. The Labute approximate surface area is 104 Å². The Hall–Kier alpha value is -2.43. The van der Waals surface area contributed by atoms with Gasteiger partial charge in [-0.1, -0.05) is 6.58 Å². The van der Waals surface area contributed by atoms with Crippen molar-refractivity contribution in [2.24, 2.45) is 7.05 Å². The molecular weight excluding hydrogens is 232 g/mol. The second kappa shape index (κ2) is 4.44. The molecule has 0 aliphatic heterocycles. The molecule has 5 nitrogen and oxygen atoms in total. The predicted molar refractivity (Wildman–Crippen MR) is 71.2 cm³/mol. The van der Waals surface area contributed by atoms with Gasteiger partial charge in [0.05, 0.1) is 12.6 Å². The third-order valence-electron chi connectivity index (χ3n) is 2.80. The van der Waals surface area contributed by atoms with E-state index in [4.69, 9.17) is 4.74 Å². The van der Waals surface area contributed by atoms with Crippen molar-refractivity contribution >= 4 is 16.6 Å². The highest BCUT2D eigenvalue weighted by molar-refractivity contribution is 5.90. The van der Waals surface area contributed by atoms with Crippen LogP contribution in [-0.2, 0) is 7.05 Å². The van der Waals surface area contributed by atoms with E-state index in [0.29, 0.717) is 10.9 Å². The third kappa shape index (κ3) is 1.69. The van der Waals surface area contributed by atoms with Gasteiger partial charge >= 0.3 is 0 Å². The van der Waals surface area contributed by atoms with E-state index in [9.17, 15) is 9.90 Å². The fourth-order valence-corrected chi connectivity index (χ4v) is 1.89. The van der Waals surface area contributed by atoms with E-state index in [2.05, 4.69) is 11.9 Å². The standard InChI is InChI=1S/C13H14N2O3/c1-4-14-8-5-6-9-10(7-8)15(2)13(17)12(18-3)11(9)16/h4-7,14,16H,1H2,2-3H3. The Bertz CT molecular complexity index is 674. The quantitative estimate of drug-likeness (QED) is 0.867. The Balaban J connectivity index is 2.84. The maximum Gasteiger partial charge on any atom is 0.297 e. The smallest absolute Gasteiger partial charge is 0.297 e. The van der Waals surface area contributed by atoms with Gasteiger partial charge in [-0.15, -0.1) is 0 Å².